The number of thioether (sulfide) groups is 1. The third kappa shape index (κ3) is 6.78. The molecule has 0 radical (unpaired) electrons. The van der Waals surface area contributed by atoms with Gasteiger partial charge in [0.2, 0.25) is 11.8 Å². The van der Waals surface area contributed by atoms with Gasteiger partial charge in [0.25, 0.3) is 5.91 Å². The van der Waals surface area contributed by atoms with Crippen LogP contribution in [0.25, 0.3) is 0 Å². The molecule has 0 saturated carbocycles. The number of carboxylic acids is 1. The van der Waals surface area contributed by atoms with Gasteiger partial charge >= 0.3 is 5.97 Å². The summed E-state index contributed by atoms with van der Waals surface area (Å²) in [6, 6.07) is 13.3. The van der Waals surface area contributed by atoms with E-state index in [1.165, 1.54) is 17.8 Å². The van der Waals surface area contributed by atoms with Gasteiger partial charge < -0.3 is 21.5 Å². The van der Waals surface area contributed by atoms with Gasteiger partial charge in [-0.2, -0.15) is 0 Å². The van der Waals surface area contributed by atoms with Crippen LogP contribution in [0.1, 0.15) is 23.7 Å². The van der Waals surface area contributed by atoms with E-state index in [4.69, 9.17) is 10.8 Å². The summed E-state index contributed by atoms with van der Waals surface area (Å²) >= 11 is 1.30. The van der Waals surface area contributed by atoms with E-state index < -0.39 is 23.0 Å². The molecule has 0 bridgehead atoms. The first-order valence-corrected chi connectivity index (χ1v) is 9.86. The Bertz CT molecular complexity index is 990. The quantitative estimate of drug-likeness (QED) is 0.358. The molecule has 0 spiro atoms. The second-order valence-electron chi connectivity index (χ2n) is 6.10. The van der Waals surface area contributed by atoms with E-state index in [2.05, 4.69) is 10.6 Å². The van der Waals surface area contributed by atoms with E-state index in [0.717, 1.165) is 17.0 Å². The normalized spacial score (nSPS) is 11.6. The number of anilines is 2. The minimum atomic E-state index is -1.22. The third-order valence-corrected chi connectivity index (χ3v) is 5.23. The molecule has 8 nitrogen and oxygen atoms in total. The number of carbonyl (C=O) groups excluding carboxylic acids is 3. The summed E-state index contributed by atoms with van der Waals surface area (Å²) in [7, 11) is 0. The smallest absolute Gasteiger partial charge is 0.328 e. The SMILES string of the molecule is CCC(Sc1cccc(NC(=O)/C=C/C(=O)O)c1)C(=O)Nc1ccccc1C(N)=O. The van der Waals surface area contributed by atoms with Gasteiger partial charge in [-0.25, -0.2) is 4.79 Å². The molecular formula is C21H21N3O5S. The van der Waals surface area contributed by atoms with E-state index in [1.54, 1.807) is 42.5 Å². The van der Waals surface area contributed by atoms with Crippen molar-refractivity contribution in [1.82, 2.24) is 0 Å². The zero-order chi connectivity index (χ0) is 22.1. The zero-order valence-electron chi connectivity index (χ0n) is 16.1. The number of rotatable bonds is 9. The van der Waals surface area contributed by atoms with Crippen molar-refractivity contribution in [3.8, 4) is 0 Å². The number of primary amides is 1. The Labute approximate surface area is 177 Å². The Kier molecular flexibility index (Phi) is 8.18. The maximum Gasteiger partial charge on any atom is 0.328 e. The zero-order valence-corrected chi connectivity index (χ0v) is 16.9. The number of hydrogen-bond acceptors (Lipinski definition) is 5. The van der Waals surface area contributed by atoms with Crippen LogP contribution >= 0.6 is 11.8 Å². The first-order chi connectivity index (χ1) is 14.3. The van der Waals surface area contributed by atoms with Crippen LogP contribution < -0.4 is 16.4 Å². The van der Waals surface area contributed by atoms with Crippen molar-refractivity contribution >= 4 is 46.8 Å². The van der Waals surface area contributed by atoms with Gasteiger partial charge in [0.05, 0.1) is 16.5 Å². The molecular weight excluding hydrogens is 406 g/mol. The lowest BCUT2D eigenvalue weighted by atomic mass is 10.1. The van der Waals surface area contributed by atoms with Crippen LogP contribution in [0.3, 0.4) is 0 Å². The van der Waals surface area contributed by atoms with E-state index >= 15 is 0 Å². The standard InChI is InChI=1S/C21H21N3O5S/c1-2-17(21(29)24-16-9-4-3-8-15(16)20(22)28)30-14-7-5-6-13(12-14)23-18(25)10-11-19(26)27/h3-12,17H,2H2,1H3,(H2,22,28)(H,23,25)(H,24,29)(H,26,27)/b11-10+. The first kappa shape index (κ1) is 22.7. The van der Waals surface area contributed by atoms with Crippen molar-refractivity contribution < 1.29 is 24.3 Å². The average Bonchev–Trinajstić information content (AvgIpc) is 2.71. The number of carboxylic acid groups (broad SMARTS) is 1. The molecule has 3 amide bonds. The lowest BCUT2D eigenvalue weighted by Crippen LogP contribution is -2.26. The second kappa shape index (κ2) is 10.8. The molecule has 30 heavy (non-hydrogen) atoms. The van der Waals surface area contributed by atoms with Crippen LogP contribution in [-0.2, 0) is 14.4 Å². The molecule has 0 aromatic heterocycles. The fourth-order valence-corrected chi connectivity index (χ4v) is 3.50. The minimum Gasteiger partial charge on any atom is -0.478 e. The topological polar surface area (TPSA) is 139 Å². The van der Waals surface area contributed by atoms with Gasteiger partial charge in [-0.05, 0) is 36.8 Å². The molecule has 1 unspecified atom stereocenters. The molecule has 0 aliphatic rings. The number of aliphatic carboxylic acids is 1. The molecule has 156 valence electrons. The molecule has 0 aliphatic carbocycles. The van der Waals surface area contributed by atoms with E-state index in [9.17, 15) is 19.2 Å². The molecule has 2 aromatic carbocycles. The number of benzene rings is 2. The van der Waals surface area contributed by atoms with Crippen LogP contribution in [-0.4, -0.2) is 34.0 Å². The minimum absolute atomic E-state index is 0.227. The highest BCUT2D eigenvalue weighted by Gasteiger charge is 2.20. The Balaban J connectivity index is 2.08. The molecule has 2 rings (SSSR count). The molecule has 0 saturated heterocycles. The summed E-state index contributed by atoms with van der Waals surface area (Å²) in [4.78, 5) is 47.2. The Hall–Kier alpha value is -3.59. The summed E-state index contributed by atoms with van der Waals surface area (Å²) in [5.74, 6) is -2.71. The van der Waals surface area contributed by atoms with Crippen molar-refractivity contribution in [3.05, 3.63) is 66.2 Å². The van der Waals surface area contributed by atoms with Crippen LogP contribution in [0.5, 0.6) is 0 Å². The van der Waals surface area contributed by atoms with E-state index in [-0.39, 0.29) is 11.5 Å². The number of amides is 3. The fourth-order valence-electron chi connectivity index (χ4n) is 2.48. The van der Waals surface area contributed by atoms with Gasteiger partial charge in [-0.1, -0.05) is 25.1 Å². The van der Waals surface area contributed by atoms with Crippen molar-refractivity contribution in [2.75, 3.05) is 10.6 Å². The van der Waals surface area contributed by atoms with E-state index in [0.29, 0.717) is 17.8 Å². The molecule has 5 N–H and O–H groups in total. The van der Waals surface area contributed by atoms with Gasteiger partial charge in [0.15, 0.2) is 0 Å². The van der Waals surface area contributed by atoms with Crippen molar-refractivity contribution in [2.45, 2.75) is 23.5 Å². The lowest BCUT2D eigenvalue weighted by molar-refractivity contribution is -0.131. The highest BCUT2D eigenvalue weighted by molar-refractivity contribution is 8.00. The lowest BCUT2D eigenvalue weighted by Gasteiger charge is -2.16. The first-order valence-electron chi connectivity index (χ1n) is 8.98. The average molecular weight is 427 g/mol. The predicted octanol–water partition coefficient (Wildman–Crippen LogP) is 2.87. The molecule has 2 aromatic rings. The molecule has 0 fully saturated rings. The number of nitrogens with one attached hydrogen (secondary N) is 2. The van der Waals surface area contributed by atoms with Crippen LogP contribution in [0.2, 0.25) is 0 Å². The number of nitrogens with two attached hydrogens (primary N) is 1. The Morgan fingerprint density at radius 1 is 1.07 bits per heavy atom. The van der Waals surface area contributed by atoms with Crippen molar-refractivity contribution in [1.29, 1.82) is 0 Å². The van der Waals surface area contributed by atoms with Gasteiger partial charge in [-0.15, -0.1) is 11.8 Å². The fraction of sp³-hybridized carbons (Fsp3) is 0.143. The van der Waals surface area contributed by atoms with Crippen LogP contribution in [0, 0.1) is 0 Å². The molecule has 1 atom stereocenters. The van der Waals surface area contributed by atoms with Crippen molar-refractivity contribution in [3.63, 3.8) is 0 Å². The van der Waals surface area contributed by atoms with Gasteiger partial charge in [0, 0.05) is 22.7 Å². The summed E-state index contributed by atoms with van der Waals surface area (Å²) < 4.78 is 0. The number of para-hydroxylation sites is 1. The van der Waals surface area contributed by atoms with E-state index in [1.807, 2.05) is 6.92 Å². The monoisotopic (exact) mass is 427 g/mol. The maximum atomic E-state index is 12.7. The Morgan fingerprint density at radius 3 is 2.47 bits per heavy atom. The second-order valence-corrected chi connectivity index (χ2v) is 7.38. The van der Waals surface area contributed by atoms with Gasteiger partial charge in [0.1, 0.15) is 0 Å². The van der Waals surface area contributed by atoms with Crippen LogP contribution in [0.15, 0.2) is 65.6 Å². The summed E-state index contributed by atoms with van der Waals surface area (Å²) in [5.41, 5.74) is 6.39. The Morgan fingerprint density at radius 2 is 1.80 bits per heavy atom. The van der Waals surface area contributed by atoms with Crippen molar-refractivity contribution in [2.24, 2.45) is 5.73 Å². The highest BCUT2D eigenvalue weighted by atomic mass is 32.2. The number of carbonyl (C=O) groups is 4. The summed E-state index contributed by atoms with van der Waals surface area (Å²) in [5, 5.41) is 13.4. The molecule has 0 aliphatic heterocycles. The predicted molar refractivity (Wildman–Crippen MR) is 115 cm³/mol. The molecule has 0 heterocycles. The number of hydrogen-bond donors (Lipinski definition) is 4. The highest BCUT2D eigenvalue weighted by Crippen LogP contribution is 2.29. The third-order valence-electron chi connectivity index (χ3n) is 3.87. The van der Waals surface area contributed by atoms with Crippen LogP contribution in [0.4, 0.5) is 11.4 Å². The summed E-state index contributed by atoms with van der Waals surface area (Å²) in [6.45, 7) is 1.86. The molecule has 9 heteroatoms. The largest absolute Gasteiger partial charge is 0.478 e. The maximum absolute atomic E-state index is 12.7. The summed E-state index contributed by atoms with van der Waals surface area (Å²) in [6.07, 6.45) is 2.18. The van der Waals surface area contributed by atoms with Gasteiger partial charge in [-0.3, -0.25) is 14.4 Å².